The van der Waals surface area contributed by atoms with E-state index in [1.165, 1.54) is 9.71 Å². The fraction of sp³-hybridized carbons (Fsp3) is 0.462. The van der Waals surface area contributed by atoms with Gasteiger partial charge in [0, 0.05) is 32.1 Å². The number of hydrogen-bond acceptors (Lipinski definition) is 4. The number of nitrogens with one attached hydrogen (secondary N) is 1. The third-order valence-corrected chi connectivity index (χ3v) is 4.45. The molecule has 3 nitrogen and oxygen atoms in total. The molecule has 1 aromatic heterocycles. The molecule has 0 radical (unpaired) electrons. The Bertz CT molecular complexity index is 475. The van der Waals surface area contributed by atoms with Crippen LogP contribution in [0.4, 0.5) is 0 Å². The maximum absolute atomic E-state index is 4.71. The fourth-order valence-electron chi connectivity index (χ4n) is 2.30. The Hall–Kier alpha value is -0.970. The number of aromatic nitrogens is 1. The Morgan fingerprint density at radius 3 is 3.18 bits per heavy atom. The van der Waals surface area contributed by atoms with Crippen LogP contribution in [0, 0.1) is 0 Å². The van der Waals surface area contributed by atoms with Crippen LogP contribution in [-0.2, 0) is 6.42 Å². The summed E-state index contributed by atoms with van der Waals surface area (Å²) in [7, 11) is 2.21. The molecule has 1 fully saturated rings. The molecule has 0 amide bonds. The standard InChI is InChI=1S/C13H17N3S/c1-16-7-6-14-9-10(16)8-13-15-11-4-2-3-5-12(11)17-13/h2-5,10,14H,6-9H2,1H3. The van der Waals surface area contributed by atoms with E-state index in [9.17, 15) is 0 Å². The largest absolute Gasteiger partial charge is 0.314 e. The summed E-state index contributed by atoms with van der Waals surface area (Å²) in [4.78, 5) is 7.14. The molecule has 1 saturated heterocycles. The third-order valence-electron chi connectivity index (χ3n) is 3.39. The molecule has 1 aliphatic heterocycles. The van der Waals surface area contributed by atoms with Crippen LogP contribution in [0.5, 0.6) is 0 Å². The molecule has 0 aliphatic carbocycles. The van der Waals surface area contributed by atoms with E-state index in [1.807, 2.05) is 11.3 Å². The number of thiazole rings is 1. The topological polar surface area (TPSA) is 28.2 Å². The van der Waals surface area contributed by atoms with E-state index in [4.69, 9.17) is 4.98 Å². The molecule has 1 aliphatic rings. The van der Waals surface area contributed by atoms with Crippen LogP contribution in [0.3, 0.4) is 0 Å². The molecule has 0 spiro atoms. The average molecular weight is 247 g/mol. The Morgan fingerprint density at radius 2 is 2.35 bits per heavy atom. The van der Waals surface area contributed by atoms with Crippen LogP contribution in [0.15, 0.2) is 24.3 Å². The first-order chi connectivity index (χ1) is 8.33. The molecule has 1 atom stereocenters. The number of fused-ring (bicyclic) bond motifs is 1. The molecule has 1 N–H and O–H groups in total. The highest BCUT2D eigenvalue weighted by Gasteiger charge is 2.20. The van der Waals surface area contributed by atoms with Crippen LogP contribution in [0.25, 0.3) is 10.2 Å². The van der Waals surface area contributed by atoms with Crippen LogP contribution >= 0.6 is 11.3 Å². The molecule has 17 heavy (non-hydrogen) atoms. The highest BCUT2D eigenvalue weighted by atomic mass is 32.1. The summed E-state index contributed by atoms with van der Waals surface area (Å²) in [5, 5.41) is 4.71. The second-order valence-electron chi connectivity index (χ2n) is 4.62. The average Bonchev–Trinajstić information content (AvgIpc) is 2.74. The van der Waals surface area contributed by atoms with Crippen molar-refractivity contribution in [2.75, 3.05) is 26.7 Å². The van der Waals surface area contributed by atoms with Crippen molar-refractivity contribution in [2.45, 2.75) is 12.5 Å². The first-order valence-corrected chi connectivity index (χ1v) is 6.90. The van der Waals surface area contributed by atoms with Gasteiger partial charge in [-0.05, 0) is 19.2 Å². The van der Waals surface area contributed by atoms with E-state index in [0.717, 1.165) is 31.6 Å². The molecule has 2 heterocycles. The van der Waals surface area contributed by atoms with Gasteiger partial charge in [0.05, 0.1) is 15.2 Å². The van der Waals surface area contributed by atoms with Crippen LogP contribution in [0.2, 0.25) is 0 Å². The molecule has 4 heteroatoms. The van der Waals surface area contributed by atoms with Gasteiger partial charge < -0.3 is 10.2 Å². The Kier molecular flexibility index (Phi) is 3.09. The molecule has 1 unspecified atom stereocenters. The van der Waals surface area contributed by atoms with Crippen molar-refractivity contribution in [3.63, 3.8) is 0 Å². The normalized spacial score (nSPS) is 22.1. The summed E-state index contributed by atoms with van der Waals surface area (Å²) in [6, 6.07) is 8.97. The number of likely N-dealkylation sites (N-methyl/N-ethyl adjacent to an activating group) is 1. The van der Waals surface area contributed by atoms with Gasteiger partial charge >= 0.3 is 0 Å². The van der Waals surface area contributed by atoms with E-state index in [2.05, 4.69) is 41.5 Å². The van der Waals surface area contributed by atoms with E-state index in [0.29, 0.717) is 6.04 Å². The number of para-hydroxylation sites is 1. The smallest absolute Gasteiger partial charge is 0.0954 e. The number of nitrogens with zero attached hydrogens (tertiary/aromatic N) is 2. The summed E-state index contributed by atoms with van der Waals surface area (Å²) in [5.74, 6) is 0. The van der Waals surface area contributed by atoms with Gasteiger partial charge in [0.2, 0.25) is 0 Å². The molecule has 2 aromatic rings. The van der Waals surface area contributed by atoms with E-state index in [1.54, 1.807) is 0 Å². The lowest BCUT2D eigenvalue weighted by molar-refractivity contribution is 0.199. The minimum absolute atomic E-state index is 0.587. The Balaban J connectivity index is 1.79. The number of hydrogen-bond donors (Lipinski definition) is 1. The highest BCUT2D eigenvalue weighted by molar-refractivity contribution is 7.18. The predicted octanol–water partition coefficient (Wildman–Crippen LogP) is 1.74. The third kappa shape index (κ3) is 2.34. The van der Waals surface area contributed by atoms with Crippen molar-refractivity contribution >= 4 is 21.6 Å². The molecule has 0 bridgehead atoms. The first kappa shape index (κ1) is 11.1. The summed E-state index contributed by atoms with van der Waals surface area (Å²) in [6.45, 7) is 3.31. The molecule has 0 saturated carbocycles. The Labute approximate surface area is 105 Å². The zero-order chi connectivity index (χ0) is 11.7. The predicted molar refractivity (Wildman–Crippen MR) is 72.6 cm³/mol. The van der Waals surface area contributed by atoms with E-state index in [-0.39, 0.29) is 0 Å². The molecule has 3 rings (SSSR count). The van der Waals surface area contributed by atoms with Gasteiger partial charge in [-0.1, -0.05) is 12.1 Å². The van der Waals surface area contributed by atoms with E-state index >= 15 is 0 Å². The van der Waals surface area contributed by atoms with Crippen molar-refractivity contribution in [3.8, 4) is 0 Å². The lowest BCUT2D eigenvalue weighted by atomic mass is 10.1. The number of rotatable bonds is 2. The van der Waals surface area contributed by atoms with Crippen LogP contribution in [-0.4, -0.2) is 42.6 Å². The van der Waals surface area contributed by atoms with E-state index < -0.39 is 0 Å². The summed E-state index contributed by atoms with van der Waals surface area (Å²) >= 11 is 1.83. The summed E-state index contributed by atoms with van der Waals surface area (Å²) in [5.41, 5.74) is 1.14. The summed E-state index contributed by atoms with van der Waals surface area (Å²) < 4.78 is 1.30. The zero-order valence-corrected chi connectivity index (χ0v) is 10.8. The minimum Gasteiger partial charge on any atom is -0.314 e. The van der Waals surface area contributed by atoms with Gasteiger partial charge in [0.25, 0.3) is 0 Å². The fourth-order valence-corrected chi connectivity index (χ4v) is 3.34. The van der Waals surface area contributed by atoms with Crippen molar-refractivity contribution in [1.29, 1.82) is 0 Å². The first-order valence-electron chi connectivity index (χ1n) is 6.08. The van der Waals surface area contributed by atoms with Crippen molar-refractivity contribution < 1.29 is 0 Å². The lowest BCUT2D eigenvalue weighted by Crippen LogP contribution is -2.50. The van der Waals surface area contributed by atoms with Gasteiger partial charge in [0.15, 0.2) is 0 Å². The molecular weight excluding hydrogens is 230 g/mol. The second kappa shape index (κ2) is 4.72. The molecule has 90 valence electrons. The van der Waals surface area contributed by atoms with Crippen molar-refractivity contribution in [1.82, 2.24) is 15.2 Å². The number of benzene rings is 1. The van der Waals surface area contributed by atoms with Gasteiger partial charge in [-0.25, -0.2) is 4.98 Å². The zero-order valence-electron chi connectivity index (χ0n) is 10.0. The van der Waals surface area contributed by atoms with Gasteiger partial charge in [0.1, 0.15) is 0 Å². The highest BCUT2D eigenvalue weighted by Crippen LogP contribution is 2.23. The second-order valence-corrected chi connectivity index (χ2v) is 5.73. The maximum Gasteiger partial charge on any atom is 0.0954 e. The SMILES string of the molecule is CN1CCNCC1Cc1nc2ccccc2s1. The van der Waals surface area contributed by atoms with Gasteiger partial charge in [-0.15, -0.1) is 11.3 Å². The quantitative estimate of drug-likeness (QED) is 0.876. The summed E-state index contributed by atoms with van der Waals surface area (Å²) in [6.07, 6.45) is 1.06. The molecule has 1 aromatic carbocycles. The monoisotopic (exact) mass is 247 g/mol. The maximum atomic E-state index is 4.71. The van der Waals surface area contributed by atoms with Crippen LogP contribution in [0.1, 0.15) is 5.01 Å². The lowest BCUT2D eigenvalue weighted by Gasteiger charge is -2.32. The minimum atomic E-state index is 0.587. The van der Waals surface area contributed by atoms with Crippen molar-refractivity contribution in [3.05, 3.63) is 29.3 Å². The van der Waals surface area contributed by atoms with Gasteiger partial charge in [-0.2, -0.15) is 0 Å². The van der Waals surface area contributed by atoms with Crippen molar-refractivity contribution in [2.24, 2.45) is 0 Å². The van der Waals surface area contributed by atoms with Gasteiger partial charge in [-0.3, -0.25) is 0 Å². The Morgan fingerprint density at radius 1 is 1.47 bits per heavy atom. The number of piperazine rings is 1. The molecular formula is C13H17N3S. The van der Waals surface area contributed by atoms with Crippen LogP contribution < -0.4 is 5.32 Å².